The maximum atomic E-state index is 11.7. The van der Waals surface area contributed by atoms with Crippen molar-refractivity contribution in [2.24, 2.45) is 0 Å². The second-order valence-electron chi connectivity index (χ2n) is 4.63. The second-order valence-corrected chi connectivity index (χ2v) is 5.69. The van der Waals surface area contributed by atoms with Crippen LogP contribution in [0.1, 0.15) is 19.4 Å². The molecule has 2 aromatic rings. The monoisotopic (exact) mass is 301 g/mol. The SMILES string of the molecule is CCOc1c(/C=C2/Sc3ccccc3N2CC)c(=O)c1=O. The number of benzene rings is 1. The highest BCUT2D eigenvalue weighted by molar-refractivity contribution is 8.03. The van der Waals surface area contributed by atoms with E-state index in [1.807, 2.05) is 12.1 Å². The third-order valence-corrected chi connectivity index (χ3v) is 4.52. The molecule has 0 N–H and O–H groups in total. The highest BCUT2D eigenvalue weighted by atomic mass is 32.2. The fraction of sp³-hybridized carbons (Fsp3) is 0.250. The van der Waals surface area contributed by atoms with Gasteiger partial charge >= 0.3 is 0 Å². The number of hydrogen-bond donors (Lipinski definition) is 0. The number of thioether (sulfide) groups is 1. The summed E-state index contributed by atoms with van der Waals surface area (Å²) >= 11 is 1.60. The molecule has 0 bridgehead atoms. The van der Waals surface area contributed by atoms with E-state index in [0.717, 1.165) is 22.2 Å². The lowest BCUT2D eigenvalue weighted by Gasteiger charge is -2.18. The van der Waals surface area contributed by atoms with Crippen molar-refractivity contribution in [3.8, 4) is 5.75 Å². The molecule has 108 valence electrons. The van der Waals surface area contributed by atoms with Crippen molar-refractivity contribution in [2.45, 2.75) is 18.7 Å². The van der Waals surface area contributed by atoms with E-state index < -0.39 is 10.9 Å². The summed E-state index contributed by atoms with van der Waals surface area (Å²) < 4.78 is 5.27. The first kappa shape index (κ1) is 13.9. The third-order valence-electron chi connectivity index (χ3n) is 3.41. The molecule has 0 fully saturated rings. The minimum atomic E-state index is -0.521. The topological polar surface area (TPSA) is 46.6 Å². The molecule has 0 unspecified atom stereocenters. The van der Waals surface area contributed by atoms with Gasteiger partial charge < -0.3 is 9.64 Å². The summed E-state index contributed by atoms with van der Waals surface area (Å²) in [5.74, 6) is 0.197. The average Bonchev–Trinajstić information content (AvgIpc) is 2.87. The van der Waals surface area contributed by atoms with Crippen LogP contribution in [0.3, 0.4) is 0 Å². The fourth-order valence-corrected chi connectivity index (χ4v) is 3.59. The van der Waals surface area contributed by atoms with Gasteiger partial charge in [0.15, 0.2) is 5.75 Å². The maximum Gasteiger partial charge on any atom is 0.268 e. The summed E-state index contributed by atoms with van der Waals surface area (Å²) in [4.78, 5) is 26.6. The molecule has 1 aliphatic heterocycles. The lowest BCUT2D eigenvalue weighted by Crippen LogP contribution is -2.35. The van der Waals surface area contributed by atoms with Crippen molar-refractivity contribution < 1.29 is 4.74 Å². The summed E-state index contributed by atoms with van der Waals surface area (Å²) in [7, 11) is 0. The van der Waals surface area contributed by atoms with Crippen LogP contribution in [0.2, 0.25) is 0 Å². The van der Waals surface area contributed by atoms with Gasteiger partial charge in [-0.05, 0) is 32.1 Å². The average molecular weight is 301 g/mol. The Hall–Kier alpha value is -2.01. The molecule has 1 heterocycles. The molecule has 0 aliphatic carbocycles. The number of hydrogen-bond acceptors (Lipinski definition) is 5. The predicted molar refractivity (Wildman–Crippen MR) is 85.8 cm³/mol. The van der Waals surface area contributed by atoms with Gasteiger partial charge in [0, 0.05) is 11.4 Å². The van der Waals surface area contributed by atoms with E-state index in [2.05, 4.69) is 24.0 Å². The van der Waals surface area contributed by atoms with Gasteiger partial charge in [-0.1, -0.05) is 23.9 Å². The van der Waals surface area contributed by atoms with Gasteiger partial charge in [0.05, 0.1) is 22.9 Å². The summed E-state index contributed by atoms with van der Waals surface area (Å²) in [5, 5.41) is 0.951. The zero-order valence-electron chi connectivity index (χ0n) is 11.9. The highest BCUT2D eigenvalue weighted by Crippen LogP contribution is 2.46. The molecule has 0 amide bonds. The summed E-state index contributed by atoms with van der Waals surface area (Å²) in [6.45, 7) is 5.04. The van der Waals surface area contributed by atoms with Gasteiger partial charge in [-0.3, -0.25) is 9.59 Å². The van der Waals surface area contributed by atoms with E-state index in [-0.39, 0.29) is 5.75 Å². The lowest BCUT2D eigenvalue weighted by atomic mass is 10.1. The van der Waals surface area contributed by atoms with E-state index in [9.17, 15) is 9.59 Å². The first-order valence-electron chi connectivity index (χ1n) is 6.89. The van der Waals surface area contributed by atoms with Crippen molar-refractivity contribution in [1.82, 2.24) is 0 Å². The Morgan fingerprint density at radius 3 is 2.67 bits per heavy atom. The Labute approximate surface area is 126 Å². The number of nitrogens with zero attached hydrogens (tertiary/aromatic N) is 1. The fourth-order valence-electron chi connectivity index (χ4n) is 2.42. The van der Waals surface area contributed by atoms with Crippen LogP contribution in [0.4, 0.5) is 5.69 Å². The molecule has 0 radical (unpaired) electrons. The van der Waals surface area contributed by atoms with E-state index in [1.54, 1.807) is 24.8 Å². The quantitative estimate of drug-likeness (QED) is 0.812. The van der Waals surface area contributed by atoms with Crippen molar-refractivity contribution >= 4 is 23.5 Å². The molecule has 0 saturated heterocycles. The number of rotatable bonds is 4. The summed E-state index contributed by atoms with van der Waals surface area (Å²) in [5.41, 5.74) is 0.536. The lowest BCUT2D eigenvalue weighted by molar-refractivity contribution is 0.332. The molecule has 1 aliphatic rings. The first-order valence-corrected chi connectivity index (χ1v) is 7.71. The van der Waals surface area contributed by atoms with Crippen molar-refractivity contribution in [3.05, 3.63) is 55.3 Å². The molecule has 5 heteroatoms. The normalized spacial score (nSPS) is 15.7. The number of anilines is 1. The Balaban J connectivity index is 2.01. The van der Waals surface area contributed by atoms with Gasteiger partial charge in [-0.25, -0.2) is 0 Å². The molecule has 2 aromatic carbocycles. The zero-order valence-corrected chi connectivity index (χ0v) is 12.7. The molecule has 21 heavy (non-hydrogen) atoms. The van der Waals surface area contributed by atoms with Crippen LogP contribution >= 0.6 is 11.8 Å². The second kappa shape index (κ2) is 5.41. The first-order chi connectivity index (χ1) is 10.2. The number of para-hydroxylation sites is 1. The minimum Gasteiger partial charge on any atom is -0.489 e. The Morgan fingerprint density at radius 2 is 1.95 bits per heavy atom. The van der Waals surface area contributed by atoms with Crippen molar-refractivity contribution in [2.75, 3.05) is 18.1 Å². The summed E-state index contributed by atoms with van der Waals surface area (Å²) in [6, 6.07) is 8.09. The van der Waals surface area contributed by atoms with Gasteiger partial charge in [0.2, 0.25) is 5.43 Å². The summed E-state index contributed by atoms with van der Waals surface area (Å²) in [6.07, 6.45) is 1.77. The van der Waals surface area contributed by atoms with E-state index in [4.69, 9.17) is 4.74 Å². The highest BCUT2D eigenvalue weighted by Gasteiger charge is 2.27. The van der Waals surface area contributed by atoms with Crippen LogP contribution in [0.5, 0.6) is 5.75 Å². The molecule has 4 nitrogen and oxygen atoms in total. The third kappa shape index (κ3) is 2.17. The molecule has 0 saturated carbocycles. The largest absolute Gasteiger partial charge is 0.489 e. The molecule has 0 spiro atoms. The molecular formula is C16H15NO3S. The van der Waals surface area contributed by atoms with E-state index >= 15 is 0 Å². The van der Waals surface area contributed by atoms with Gasteiger partial charge in [0.1, 0.15) is 0 Å². The van der Waals surface area contributed by atoms with Crippen LogP contribution in [-0.4, -0.2) is 13.2 Å². The van der Waals surface area contributed by atoms with Gasteiger partial charge in [-0.2, -0.15) is 0 Å². The van der Waals surface area contributed by atoms with Crippen LogP contribution in [0.15, 0.2) is 43.8 Å². The van der Waals surface area contributed by atoms with Crippen LogP contribution in [0.25, 0.3) is 6.08 Å². The number of fused-ring (bicyclic) bond motifs is 1. The van der Waals surface area contributed by atoms with Gasteiger partial charge in [-0.15, -0.1) is 0 Å². The van der Waals surface area contributed by atoms with Crippen molar-refractivity contribution in [1.29, 1.82) is 0 Å². The smallest absolute Gasteiger partial charge is 0.268 e. The van der Waals surface area contributed by atoms with E-state index in [1.165, 1.54) is 0 Å². The van der Waals surface area contributed by atoms with Gasteiger partial charge in [0.25, 0.3) is 5.43 Å². The molecular weight excluding hydrogens is 286 g/mol. The number of ether oxygens (including phenoxy) is 1. The van der Waals surface area contributed by atoms with Crippen LogP contribution < -0.4 is 20.5 Å². The van der Waals surface area contributed by atoms with Crippen LogP contribution in [0, 0.1) is 0 Å². The molecule has 3 rings (SSSR count). The van der Waals surface area contributed by atoms with E-state index in [0.29, 0.717) is 12.2 Å². The Bertz CT molecular complexity index is 787. The predicted octanol–water partition coefficient (Wildman–Crippen LogP) is 2.61. The molecule has 0 aromatic heterocycles. The molecule has 0 atom stereocenters. The maximum absolute atomic E-state index is 11.7. The minimum absolute atomic E-state index is 0.197. The Morgan fingerprint density at radius 1 is 1.19 bits per heavy atom. The Kier molecular flexibility index (Phi) is 3.59. The van der Waals surface area contributed by atoms with Crippen LogP contribution in [-0.2, 0) is 0 Å². The van der Waals surface area contributed by atoms with Crippen molar-refractivity contribution in [3.63, 3.8) is 0 Å². The zero-order chi connectivity index (χ0) is 15.0. The standard InChI is InChI=1S/C16H15NO3S/c1-3-17-11-7-5-6-8-12(11)21-13(17)9-10-14(18)15(19)16(10)20-4-2/h5-9H,3-4H2,1-2H3/b13-9+.